The van der Waals surface area contributed by atoms with Crippen molar-refractivity contribution in [3.05, 3.63) is 63.9 Å². The SMILES string of the molecule is Cc1ccc(C)c(-n2c(S[C@@H]3CS(=O)(=O)C[C@H]3O)nc3ccccc3c2=O)c1. The number of hydrogen-bond acceptors (Lipinski definition) is 6. The average Bonchev–Trinajstić information content (AvgIpc) is 2.89. The number of sulfone groups is 1. The van der Waals surface area contributed by atoms with Crippen LogP contribution in [0.1, 0.15) is 11.1 Å². The molecule has 4 rings (SSSR count). The first-order valence-corrected chi connectivity index (χ1v) is 11.6. The summed E-state index contributed by atoms with van der Waals surface area (Å²) in [5.74, 6) is -0.389. The second-order valence-electron chi connectivity index (χ2n) is 7.14. The van der Waals surface area contributed by atoms with Gasteiger partial charge in [-0.05, 0) is 43.2 Å². The van der Waals surface area contributed by atoms with Crippen LogP contribution in [0, 0.1) is 13.8 Å². The van der Waals surface area contributed by atoms with Gasteiger partial charge in [-0.15, -0.1) is 0 Å². The number of hydrogen-bond donors (Lipinski definition) is 1. The molecule has 1 fully saturated rings. The molecule has 146 valence electrons. The molecule has 0 unspecified atom stereocenters. The zero-order valence-corrected chi connectivity index (χ0v) is 17.1. The van der Waals surface area contributed by atoms with E-state index >= 15 is 0 Å². The van der Waals surface area contributed by atoms with Crippen LogP contribution in [-0.4, -0.2) is 45.9 Å². The summed E-state index contributed by atoms with van der Waals surface area (Å²) in [6.07, 6.45) is -0.981. The normalized spacial score (nSPS) is 21.2. The standard InChI is InChI=1S/C20H20N2O4S2/c1-12-7-8-13(2)16(9-12)22-19(24)14-5-3-4-6-15(14)21-20(22)27-18-11-28(25,26)10-17(18)23/h3-9,17-18,23H,10-11H2,1-2H3/t17-,18-/m1/s1. The van der Waals surface area contributed by atoms with Crippen LogP contribution in [0.2, 0.25) is 0 Å². The van der Waals surface area contributed by atoms with Crippen LogP contribution in [0.3, 0.4) is 0 Å². The number of thioether (sulfide) groups is 1. The minimum absolute atomic E-state index is 0.131. The molecule has 1 aromatic heterocycles. The Morgan fingerprint density at radius 1 is 1.14 bits per heavy atom. The number of aryl methyl sites for hydroxylation is 2. The molecule has 1 aliphatic heterocycles. The number of aliphatic hydroxyl groups excluding tert-OH is 1. The molecule has 2 atom stereocenters. The van der Waals surface area contributed by atoms with Gasteiger partial charge >= 0.3 is 0 Å². The highest BCUT2D eigenvalue weighted by Gasteiger charge is 2.38. The van der Waals surface area contributed by atoms with Gasteiger partial charge in [0.1, 0.15) is 0 Å². The molecule has 1 N–H and O–H groups in total. The van der Waals surface area contributed by atoms with E-state index in [-0.39, 0.29) is 17.1 Å². The van der Waals surface area contributed by atoms with Crippen molar-refractivity contribution >= 4 is 32.5 Å². The molecule has 3 aromatic rings. The topological polar surface area (TPSA) is 89.3 Å². The third-order valence-corrected chi connectivity index (χ3v) is 8.07. The van der Waals surface area contributed by atoms with Gasteiger partial charge in [-0.2, -0.15) is 0 Å². The van der Waals surface area contributed by atoms with Crippen molar-refractivity contribution < 1.29 is 13.5 Å². The van der Waals surface area contributed by atoms with Crippen LogP contribution < -0.4 is 5.56 Å². The molecule has 0 radical (unpaired) electrons. The number of rotatable bonds is 3. The van der Waals surface area contributed by atoms with E-state index in [0.717, 1.165) is 22.9 Å². The van der Waals surface area contributed by atoms with Crippen LogP contribution >= 0.6 is 11.8 Å². The van der Waals surface area contributed by atoms with Gasteiger partial charge in [-0.1, -0.05) is 36.0 Å². The van der Waals surface area contributed by atoms with Gasteiger partial charge in [0.2, 0.25) is 0 Å². The van der Waals surface area contributed by atoms with E-state index in [1.54, 1.807) is 24.3 Å². The van der Waals surface area contributed by atoms with Crippen LogP contribution in [0.15, 0.2) is 52.4 Å². The maximum atomic E-state index is 13.3. The summed E-state index contributed by atoms with van der Waals surface area (Å²) in [6.45, 7) is 3.86. The van der Waals surface area contributed by atoms with E-state index in [4.69, 9.17) is 0 Å². The third-order valence-electron chi connectivity index (χ3n) is 4.88. The van der Waals surface area contributed by atoms with Gasteiger partial charge in [0.15, 0.2) is 15.0 Å². The molecule has 0 spiro atoms. The highest BCUT2D eigenvalue weighted by molar-refractivity contribution is 8.01. The van der Waals surface area contributed by atoms with Gasteiger partial charge < -0.3 is 5.11 Å². The third kappa shape index (κ3) is 3.47. The van der Waals surface area contributed by atoms with Gasteiger partial charge in [-0.25, -0.2) is 13.4 Å². The van der Waals surface area contributed by atoms with Crippen molar-refractivity contribution in [2.75, 3.05) is 11.5 Å². The summed E-state index contributed by atoms with van der Waals surface area (Å²) in [7, 11) is -3.30. The lowest BCUT2D eigenvalue weighted by atomic mass is 10.1. The van der Waals surface area contributed by atoms with E-state index in [9.17, 15) is 18.3 Å². The van der Waals surface area contributed by atoms with E-state index in [1.807, 2.05) is 32.0 Å². The molecular formula is C20H20N2O4S2. The summed E-state index contributed by atoms with van der Waals surface area (Å²) in [4.78, 5) is 18.0. The number of aliphatic hydroxyl groups is 1. The Balaban J connectivity index is 1.94. The average molecular weight is 417 g/mol. The van der Waals surface area contributed by atoms with E-state index in [2.05, 4.69) is 4.98 Å². The summed E-state index contributed by atoms with van der Waals surface area (Å²) in [5.41, 5.74) is 2.96. The Bertz CT molecular complexity index is 1230. The highest BCUT2D eigenvalue weighted by Crippen LogP contribution is 2.32. The van der Waals surface area contributed by atoms with Crippen molar-refractivity contribution in [1.29, 1.82) is 0 Å². The first-order valence-electron chi connectivity index (χ1n) is 8.90. The van der Waals surface area contributed by atoms with E-state index < -0.39 is 21.2 Å². The van der Waals surface area contributed by atoms with Crippen LogP contribution in [0.5, 0.6) is 0 Å². The smallest absolute Gasteiger partial charge is 0.266 e. The molecule has 0 amide bonds. The molecule has 1 aliphatic rings. The second kappa shape index (κ2) is 7.02. The maximum absolute atomic E-state index is 13.3. The molecule has 0 bridgehead atoms. The minimum atomic E-state index is -3.30. The number of nitrogens with zero attached hydrogens (tertiary/aromatic N) is 2. The lowest BCUT2D eigenvalue weighted by molar-refractivity contribution is 0.207. The molecule has 2 heterocycles. The predicted molar refractivity (Wildman–Crippen MR) is 111 cm³/mol. The first kappa shape index (κ1) is 19.2. The van der Waals surface area contributed by atoms with Crippen LogP contribution in [-0.2, 0) is 9.84 Å². The maximum Gasteiger partial charge on any atom is 0.266 e. The van der Waals surface area contributed by atoms with Crippen molar-refractivity contribution in [2.24, 2.45) is 0 Å². The Hall–Kier alpha value is -2.16. The summed E-state index contributed by atoms with van der Waals surface area (Å²) in [6, 6.07) is 12.9. The van der Waals surface area contributed by atoms with Crippen molar-refractivity contribution in [1.82, 2.24) is 9.55 Å². The monoisotopic (exact) mass is 416 g/mol. The fourth-order valence-corrected chi connectivity index (χ4v) is 7.00. The fourth-order valence-electron chi connectivity index (χ4n) is 3.41. The lowest BCUT2D eigenvalue weighted by Gasteiger charge is -2.18. The van der Waals surface area contributed by atoms with Gasteiger partial charge in [0, 0.05) is 0 Å². The molecule has 2 aromatic carbocycles. The van der Waals surface area contributed by atoms with Gasteiger partial charge in [0.05, 0.1) is 39.4 Å². The summed E-state index contributed by atoms with van der Waals surface area (Å²) < 4.78 is 25.4. The number of benzene rings is 2. The minimum Gasteiger partial charge on any atom is -0.391 e. The Kier molecular flexibility index (Phi) is 4.81. The van der Waals surface area contributed by atoms with Crippen LogP contribution in [0.25, 0.3) is 16.6 Å². The molecule has 28 heavy (non-hydrogen) atoms. The molecule has 0 saturated carbocycles. The zero-order valence-electron chi connectivity index (χ0n) is 15.5. The fraction of sp³-hybridized carbons (Fsp3) is 0.300. The summed E-state index contributed by atoms with van der Waals surface area (Å²) in [5, 5.41) is 10.5. The van der Waals surface area contributed by atoms with E-state index in [0.29, 0.717) is 21.7 Å². The molecule has 8 heteroatoms. The quantitative estimate of drug-likeness (QED) is 0.659. The number of fused-ring (bicyclic) bond motifs is 1. The predicted octanol–water partition coefficient (Wildman–Crippen LogP) is 2.25. The number of aromatic nitrogens is 2. The molecular weight excluding hydrogens is 396 g/mol. The largest absolute Gasteiger partial charge is 0.391 e. The summed E-state index contributed by atoms with van der Waals surface area (Å²) >= 11 is 1.15. The van der Waals surface area contributed by atoms with Gasteiger partial charge in [0.25, 0.3) is 5.56 Å². The van der Waals surface area contributed by atoms with Crippen molar-refractivity contribution in [3.63, 3.8) is 0 Å². The van der Waals surface area contributed by atoms with Gasteiger partial charge in [-0.3, -0.25) is 9.36 Å². The number of para-hydroxylation sites is 1. The molecule has 6 nitrogen and oxygen atoms in total. The lowest BCUT2D eigenvalue weighted by Crippen LogP contribution is -2.26. The highest BCUT2D eigenvalue weighted by atomic mass is 32.2. The Morgan fingerprint density at radius 3 is 2.61 bits per heavy atom. The Labute approximate surface area is 167 Å². The van der Waals surface area contributed by atoms with E-state index in [1.165, 1.54) is 4.57 Å². The Morgan fingerprint density at radius 2 is 1.89 bits per heavy atom. The molecule has 1 saturated heterocycles. The van der Waals surface area contributed by atoms with Crippen LogP contribution in [0.4, 0.5) is 0 Å². The van der Waals surface area contributed by atoms with Crippen molar-refractivity contribution in [3.8, 4) is 5.69 Å². The zero-order chi connectivity index (χ0) is 20.1. The van der Waals surface area contributed by atoms with Crippen molar-refractivity contribution in [2.45, 2.75) is 30.4 Å². The second-order valence-corrected chi connectivity index (χ2v) is 10.5. The first-order chi connectivity index (χ1) is 13.2. The molecule has 0 aliphatic carbocycles.